The van der Waals surface area contributed by atoms with Crippen molar-refractivity contribution < 1.29 is 9.53 Å². The molecule has 2 fully saturated rings. The largest absolute Gasteiger partial charge is 0.378 e. The molecule has 7 nitrogen and oxygen atoms in total. The van der Waals surface area contributed by atoms with Crippen LogP contribution in [0.3, 0.4) is 0 Å². The average Bonchev–Trinajstić information content (AvgIpc) is 2.97. The molecular weight excluding hydrogens is 318 g/mol. The van der Waals surface area contributed by atoms with Crippen molar-refractivity contribution in [2.24, 2.45) is 0 Å². The van der Waals surface area contributed by atoms with E-state index in [9.17, 15) is 4.79 Å². The van der Waals surface area contributed by atoms with Crippen molar-refractivity contribution in [3.05, 3.63) is 24.0 Å². The van der Waals surface area contributed by atoms with Gasteiger partial charge < -0.3 is 14.5 Å². The number of morpholine rings is 1. The van der Waals surface area contributed by atoms with E-state index in [-0.39, 0.29) is 11.7 Å². The first kappa shape index (κ1) is 16.2. The van der Waals surface area contributed by atoms with E-state index >= 15 is 0 Å². The minimum absolute atomic E-state index is 0.104. The third-order valence-corrected chi connectivity index (χ3v) is 4.90. The molecule has 0 aliphatic carbocycles. The number of likely N-dealkylation sites (tertiary alicyclic amines) is 1. The van der Waals surface area contributed by atoms with Crippen LogP contribution < -0.4 is 4.90 Å². The Kier molecular flexibility index (Phi) is 4.74. The minimum atomic E-state index is -0.104. The van der Waals surface area contributed by atoms with E-state index in [0.29, 0.717) is 5.52 Å². The second kappa shape index (κ2) is 7.31. The summed E-state index contributed by atoms with van der Waals surface area (Å²) in [5.41, 5.74) is 2.52. The molecule has 0 radical (unpaired) electrons. The van der Waals surface area contributed by atoms with Gasteiger partial charge in [0.05, 0.1) is 18.7 Å². The van der Waals surface area contributed by atoms with Gasteiger partial charge in [0.25, 0.3) is 5.91 Å². The molecule has 0 spiro atoms. The van der Waals surface area contributed by atoms with E-state index in [2.05, 4.69) is 20.1 Å². The second-order valence-electron chi connectivity index (χ2n) is 6.61. The van der Waals surface area contributed by atoms with Gasteiger partial charge in [0.15, 0.2) is 0 Å². The molecule has 7 heteroatoms. The standard InChI is InChI=1S/C18H23N5O2/c24-18(23-7-3-1-2-4-8-23)17-19-16-13-14(5-6-15(16)20-21-17)22-9-11-25-12-10-22/h5-6,13H,1-4,7-12H2. The Morgan fingerprint density at radius 1 is 0.920 bits per heavy atom. The number of amides is 1. The maximum atomic E-state index is 12.7. The molecule has 3 heterocycles. The molecule has 1 aromatic carbocycles. The van der Waals surface area contributed by atoms with Crippen LogP contribution in [0.5, 0.6) is 0 Å². The van der Waals surface area contributed by atoms with Crippen molar-refractivity contribution in [3.63, 3.8) is 0 Å². The fourth-order valence-corrected chi connectivity index (χ4v) is 3.45. The molecular formula is C18H23N5O2. The van der Waals surface area contributed by atoms with E-state index in [4.69, 9.17) is 4.74 Å². The Bertz CT molecular complexity index is 752. The Morgan fingerprint density at radius 3 is 2.44 bits per heavy atom. The number of hydrogen-bond acceptors (Lipinski definition) is 6. The number of anilines is 1. The van der Waals surface area contributed by atoms with Crippen molar-refractivity contribution in [2.75, 3.05) is 44.3 Å². The van der Waals surface area contributed by atoms with Gasteiger partial charge in [-0.25, -0.2) is 4.98 Å². The van der Waals surface area contributed by atoms with Crippen LogP contribution in [0, 0.1) is 0 Å². The quantitative estimate of drug-likeness (QED) is 0.830. The topological polar surface area (TPSA) is 71.5 Å². The lowest BCUT2D eigenvalue weighted by Crippen LogP contribution is -2.36. The molecule has 2 aromatic rings. The predicted octanol–water partition coefficient (Wildman–Crippen LogP) is 1.88. The summed E-state index contributed by atoms with van der Waals surface area (Å²) in [5, 5.41) is 8.27. The van der Waals surface area contributed by atoms with Crippen molar-refractivity contribution >= 4 is 22.6 Å². The van der Waals surface area contributed by atoms with Gasteiger partial charge in [-0.3, -0.25) is 4.79 Å². The summed E-state index contributed by atoms with van der Waals surface area (Å²) in [6, 6.07) is 5.94. The molecule has 0 atom stereocenters. The first-order chi connectivity index (χ1) is 12.3. The van der Waals surface area contributed by atoms with Crippen LogP contribution in [0.4, 0.5) is 5.69 Å². The molecule has 2 aliphatic heterocycles. The zero-order valence-corrected chi connectivity index (χ0v) is 14.4. The van der Waals surface area contributed by atoms with Crippen LogP contribution in [-0.4, -0.2) is 65.4 Å². The molecule has 0 saturated carbocycles. The van der Waals surface area contributed by atoms with Gasteiger partial charge in [-0.2, -0.15) is 0 Å². The third-order valence-electron chi connectivity index (χ3n) is 4.90. The van der Waals surface area contributed by atoms with Gasteiger partial charge in [0.1, 0.15) is 5.52 Å². The highest BCUT2D eigenvalue weighted by atomic mass is 16.5. The van der Waals surface area contributed by atoms with E-state index in [1.165, 1.54) is 12.8 Å². The molecule has 1 amide bonds. The maximum absolute atomic E-state index is 12.7. The molecule has 1 aromatic heterocycles. The molecule has 2 saturated heterocycles. The molecule has 0 bridgehead atoms. The zero-order valence-electron chi connectivity index (χ0n) is 14.4. The highest BCUT2D eigenvalue weighted by Gasteiger charge is 2.21. The summed E-state index contributed by atoms with van der Waals surface area (Å²) >= 11 is 0. The normalized spacial score (nSPS) is 19.0. The van der Waals surface area contributed by atoms with E-state index in [1.807, 2.05) is 23.1 Å². The summed E-state index contributed by atoms with van der Waals surface area (Å²) in [6.45, 7) is 4.77. The summed E-state index contributed by atoms with van der Waals surface area (Å²) < 4.78 is 5.41. The van der Waals surface area contributed by atoms with Gasteiger partial charge in [0, 0.05) is 31.9 Å². The Morgan fingerprint density at radius 2 is 1.68 bits per heavy atom. The zero-order chi connectivity index (χ0) is 17.1. The summed E-state index contributed by atoms with van der Waals surface area (Å²) in [6.07, 6.45) is 4.47. The number of fused-ring (bicyclic) bond motifs is 1. The van der Waals surface area contributed by atoms with Gasteiger partial charge in [-0.15, -0.1) is 10.2 Å². The highest BCUT2D eigenvalue weighted by molar-refractivity contribution is 5.92. The monoisotopic (exact) mass is 341 g/mol. The molecule has 2 aliphatic rings. The molecule has 25 heavy (non-hydrogen) atoms. The smallest absolute Gasteiger partial charge is 0.293 e. The number of rotatable bonds is 2. The lowest BCUT2D eigenvalue weighted by molar-refractivity contribution is 0.0748. The Balaban J connectivity index is 1.60. The van der Waals surface area contributed by atoms with Crippen molar-refractivity contribution in [2.45, 2.75) is 25.7 Å². The fourth-order valence-electron chi connectivity index (χ4n) is 3.45. The SMILES string of the molecule is O=C(c1nnc2ccc(N3CCOCC3)cc2n1)N1CCCCCC1. The number of ether oxygens (including phenoxy) is 1. The van der Waals surface area contributed by atoms with E-state index < -0.39 is 0 Å². The number of aromatic nitrogens is 3. The van der Waals surface area contributed by atoms with Crippen LogP contribution in [0.1, 0.15) is 36.3 Å². The second-order valence-corrected chi connectivity index (χ2v) is 6.61. The Hall–Kier alpha value is -2.28. The van der Waals surface area contributed by atoms with Crippen molar-refractivity contribution in [3.8, 4) is 0 Å². The van der Waals surface area contributed by atoms with Crippen molar-refractivity contribution in [1.82, 2.24) is 20.1 Å². The van der Waals surface area contributed by atoms with Crippen LogP contribution in [-0.2, 0) is 4.74 Å². The third kappa shape index (κ3) is 3.56. The minimum Gasteiger partial charge on any atom is -0.378 e. The summed E-state index contributed by atoms with van der Waals surface area (Å²) in [4.78, 5) is 21.4. The van der Waals surface area contributed by atoms with Crippen LogP contribution in [0.2, 0.25) is 0 Å². The van der Waals surface area contributed by atoms with E-state index in [0.717, 1.165) is 63.4 Å². The van der Waals surface area contributed by atoms with Gasteiger partial charge >= 0.3 is 0 Å². The summed E-state index contributed by atoms with van der Waals surface area (Å²) in [7, 11) is 0. The molecule has 4 rings (SSSR count). The van der Waals surface area contributed by atoms with Crippen LogP contribution >= 0.6 is 0 Å². The first-order valence-corrected chi connectivity index (χ1v) is 9.08. The van der Waals surface area contributed by atoms with Crippen LogP contribution in [0.25, 0.3) is 11.0 Å². The van der Waals surface area contributed by atoms with Gasteiger partial charge in [-0.05, 0) is 31.0 Å². The predicted molar refractivity (Wildman–Crippen MR) is 94.7 cm³/mol. The lowest BCUT2D eigenvalue weighted by Gasteiger charge is -2.28. The number of carbonyl (C=O) groups is 1. The maximum Gasteiger partial charge on any atom is 0.293 e. The summed E-state index contributed by atoms with van der Waals surface area (Å²) in [5.74, 6) is 0.0987. The van der Waals surface area contributed by atoms with Gasteiger partial charge in [0.2, 0.25) is 5.82 Å². The number of carbonyl (C=O) groups excluding carboxylic acids is 1. The van der Waals surface area contributed by atoms with E-state index in [1.54, 1.807) is 0 Å². The number of hydrogen-bond donors (Lipinski definition) is 0. The van der Waals surface area contributed by atoms with Crippen LogP contribution in [0.15, 0.2) is 18.2 Å². The molecule has 132 valence electrons. The number of nitrogens with zero attached hydrogens (tertiary/aromatic N) is 5. The van der Waals surface area contributed by atoms with Gasteiger partial charge in [-0.1, -0.05) is 12.8 Å². The van der Waals surface area contributed by atoms with Crippen molar-refractivity contribution in [1.29, 1.82) is 0 Å². The number of benzene rings is 1. The fraction of sp³-hybridized carbons (Fsp3) is 0.556. The average molecular weight is 341 g/mol. The lowest BCUT2D eigenvalue weighted by atomic mass is 10.2. The highest BCUT2D eigenvalue weighted by Crippen LogP contribution is 2.21. The molecule has 0 N–H and O–H groups in total. The Labute approximate surface area is 147 Å². The molecule has 0 unspecified atom stereocenters. The first-order valence-electron chi connectivity index (χ1n) is 9.08.